The lowest BCUT2D eigenvalue weighted by Gasteiger charge is -2.39. The van der Waals surface area contributed by atoms with Gasteiger partial charge in [-0.15, -0.1) is 0 Å². The molecule has 1 fully saturated rings. The van der Waals surface area contributed by atoms with Crippen molar-refractivity contribution in [2.75, 3.05) is 20.1 Å². The average Bonchev–Trinajstić information content (AvgIpc) is 2.47. The summed E-state index contributed by atoms with van der Waals surface area (Å²) in [6.45, 7) is 8.72. The third-order valence-electron chi connectivity index (χ3n) is 4.78. The van der Waals surface area contributed by atoms with Gasteiger partial charge in [0.15, 0.2) is 0 Å². The number of rotatable bonds is 7. The topological polar surface area (TPSA) is 69.7 Å². The second-order valence-electron chi connectivity index (χ2n) is 5.74. The highest BCUT2D eigenvalue weighted by molar-refractivity contribution is 6.19. The summed E-state index contributed by atoms with van der Waals surface area (Å²) in [5.41, 5.74) is -1.09. The summed E-state index contributed by atoms with van der Waals surface area (Å²) in [7, 11) is 1.97. The summed E-state index contributed by atoms with van der Waals surface area (Å²) in [4.78, 5) is 39.9. The summed E-state index contributed by atoms with van der Waals surface area (Å²) in [6.07, 6.45) is 1.81. The molecule has 1 aliphatic heterocycles. The third kappa shape index (κ3) is 3.26. The Kier molecular flexibility index (Phi) is 5.89. The highest BCUT2D eigenvalue weighted by Crippen LogP contribution is 2.32. The zero-order chi connectivity index (χ0) is 16.2. The Bertz CT molecular complexity index is 418. The predicted molar refractivity (Wildman–Crippen MR) is 80.6 cm³/mol. The quantitative estimate of drug-likeness (QED) is 0.725. The van der Waals surface area contributed by atoms with Crippen LogP contribution in [0.1, 0.15) is 47.0 Å². The van der Waals surface area contributed by atoms with Crippen LogP contribution in [0.5, 0.6) is 0 Å². The standard InChI is InChI=1S/C15H27N3O3/c1-6-11(4)17(5)9-10-18-13(20)15(7-2,8-3)12(19)16-14(18)21/h11H,6-10H2,1-5H3,(H,16,19,21). The molecule has 0 radical (unpaired) electrons. The van der Waals surface area contributed by atoms with Gasteiger partial charge in [0.05, 0.1) is 0 Å². The number of carbonyl (C=O) groups excluding carboxylic acids is 3. The Morgan fingerprint density at radius 3 is 2.24 bits per heavy atom. The van der Waals surface area contributed by atoms with Crippen LogP contribution in [0.15, 0.2) is 0 Å². The van der Waals surface area contributed by atoms with Crippen molar-refractivity contribution in [3.05, 3.63) is 0 Å². The first kappa shape index (κ1) is 17.6. The highest BCUT2D eigenvalue weighted by Gasteiger charge is 2.51. The first-order valence-electron chi connectivity index (χ1n) is 7.71. The van der Waals surface area contributed by atoms with Crippen molar-refractivity contribution < 1.29 is 14.4 Å². The largest absolute Gasteiger partial charge is 0.330 e. The molecule has 1 atom stereocenters. The molecule has 6 nitrogen and oxygen atoms in total. The van der Waals surface area contributed by atoms with Gasteiger partial charge < -0.3 is 4.90 Å². The highest BCUT2D eigenvalue weighted by atomic mass is 16.2. The molecule has 4 amide bonds. The number of carbonyl (C=O) groups is 3. The second kappa shape index (κ2) is 7.02. The minimum Gasteiger partial charge on any atom is -0.302 e. The summed E-state index contributed by atoms with van der Waals surface area (Å²) >= 11 is 0. The van der Waals surface area contributed by atoms with Gasteiger partial charge in [0.2, 0.25) is 11.8 Å². The first-order chi connectivity index (χ1) is 9.83. The van der Waals surface area contributed by atoms with Crippen LogP contribution in [0.2, 0.25) is 0 Å². The lowest BCUT2D eigenvalue weighted by Crippen LogP contribution is -2.64. The molecule has 120 valence electrons. The van der Waals surface area contributed by atoms with E-state index in [0.717, 1.165) is 6.42 Å². The van der Waals surface area contributed by atoms with E-state index in [-0.39, 0.29) is 5.91 Å². The fourth-order valence-electron chi connectivity index (χ4n) is 2.60. The Hall–Kier alpha value is -1.43. The minimum atomic E-state index is -1.09. The maximum Gasteiger partial charge on any atom is 0.330 e. The molecule has 21 heavy (non-hydrogen) atoms. The van der Waals surface area contributed by atoms with E-state index in [9.17, 15) is 14.4 Å². The van der Waals surface area contributed by atoms with Crippen LogP contribution < -0.4 is 5.32 Å². The number of nitrogens with zero attached hydrogens (tertiary/aromatic N) is 2. The molecule has 1 saturated heterocycles. The maximum absolute atomic E-state index is 12.6. The van der Waals surface area contributed by atoms with Crippen molar-refractivity contribution in [3.8, 4) is 0 Å². The van der Waals surface area contributed by atoms with Gasteiger partial charge in [-0.25, -0.2) is 4.79 Å². The smallest absolute Gasteiger partial charge is 0.302 e. The Morgan fingerprint density at radius 1 is 1.19 bits per heavy atom. The Labute approximate surface area is 126 Å². The van der Waals surface area contributed by atoms with E-state index in [1.807, 2.05) is 7.05 Å². The molecule has 1 N–H and O–H groups in total. The van der Waals surface area contributed by atoms with Gasteiger partial charge in [-0.3, -0.25) is 19.8 Å². The fraction of sp³-hybridized carbons (Fsp3) is 0.800. The molecule has 0 aromatic heterocycles. The van der Waals surface area contributed by atoms with Crippen LogP contribution in [-0.2, 0) is 9.59 Å². The van der Waals surface area contributed by atoms with Gasteiger partial charge in [-0.2, -0.15) is 0 Å². The zero-order valence-corrected chi connectivity index (χ0v) is 13.7. The van der Waals surface area contributed by atoms with E-state index >= 15 is 0 Å². The van der Waals surface area contributed by atoms with Crippen molar-refractivity contribution in [1.29, 1.82) is 0 Å². The summed E-state index contributed by atoms with van der Waals surface area (Å²) in [5, 5.41) is 2.33. The second-order valence-corrected chi connectivity index (χ2v) is 5.74. The molecular weight excluding hydrogens is 270 g/mol. The number of likely N-dealkylation sites (N-methyl/N-ethyl adjacent to an activating group) is 1. The van der Waals surface area contributed by atoms with Crippen LogP contribution in [0.25, 0.3) is 0 Å². The minimum absolute atomic E-state index is 0.306. The number of imide groups is 2. The van der Waals surface area contributed by atoms with Crippen LogP contribution in [0.4, 0.5) is 4.79 Å². The molecule has 1 rings (SSSR count). The Morgan fingerprint density at radius 2 is 1.76 bits per heavy atom. The van der Waals surface area contributed by atoms with Crippen LogP contribution in [0, 0.1) is 5.41 Å². The normalized spacial score (nSPS) is 19.9. The molecule has 0 aromatic rings. The molecule has 0 saturated carbocycles. The van der Waals surface area contributed by atoms with Crippen molar-refractivity contribution >= 4 is 17.8 Å². The Balaban J connectivity index is 2.84. The third-order valence-corrected chi connectivity index (χ3v) is 4.78. The monoisotopic (exact) mass is 297 g/mol. The molecular formula is C15H27N3O3. The average molecular weight is 297 g/mol. The van der Waals surface area contributed by atoms with Gasteiger partial charge in [0.1, 0.15) is 5.41 Å². The molecule has 0 spiro atoms. The molecule has 1 unspecified atom stereocenters. The van der Waals surface area contributed by atoms with Gasteiger partial charge in [-0.05, 0) is 33.2 Å². The SMILES string of the molecule is CCC(C)N(C)CCN1C(=O)NC(=O)C(CC)(CC)C1=O. The number of barbiturate groups is 1. The van der Waals surface area contributed by atoms with Crippen molar-refractivity contribution in [3.63, 3.8) is 0 Å². The van der Waals surface area contributed by atoms with E-state index in [0.29, 0.717) is 32.0 Å². The summed E-state index contributed by atoms with van der Waals surface area (Å²) < 4.78 is 0. The number of hydrogen-bond donors (Lipinski definition) is 1. The van der Waals surface area contributed by atoms with Crippen molar-refractivity contribution in [2.24, 2.45) is 5.41 Å². The van der Waals surface area contributed by atoms with Crippen LogP contribution >= 0.6 is 0 Å². The number of hydrogen-bond acceptors (Lipinski definition) is 4. The summed E-state index contributed by atoms with van der Waals surface area (Å²) in [5.74, 6) is -0.826. The van der Waals surface area contributed by atoms with E-state index in [2.05, 4.69) is 24.1 Å². The van der Waals surface area contributed by atoms with Gasteiger partial charge in [0, 0.05) is 19.1 Å². The molecule has 0 bridgehead atoms. The zero-order valence-electron chi connectivity index (χ0n) is 13.7. The van der Waals surface area contributed by atoms with Gasteiger partial charge in [-0.1, -0.05) is 20.8 Å². The van der Waals surface area contributed by atoms with E-state index in [4.69, 9.17) is 0 Å². The molecule has 0 aromatic carbocycles. The number of amides is 4. The fourth-order valence-corrected chi connectivity index (χ4v) is 2.60. The van der Waals surface area contributed by atoms with Crippen LogP contribution in [0.3, 0.4) is 0 Å². The predicted octanol–water partition coefficient (Wildman–Crippen LogP) is 1.60. The lowest BCUT2D eigenvalue weighted by molar-refractivity contribution is -0.152. The van der Waals surface area contributed by atoms with E-state index < -0.39 is 17.4 Å². The van der Waals surface area contributed by atoms with E-state index in [1.165, 1.54) is 4.90 Å². The van der Waals surface area contributed by atoms with E-state index in [1.54, 1.807) is 13.8 Å². The van der Waals surface area contributed by atoms with Crippen LogP contribution in [-0.4, -0.2) is 53.8 Å². The lowest BCUT2D eigenvalue weighted by atomic mass is 9.78. The van der Waals surface area contributed by atoms with Gasteiger partial charge in [0.25, 0.3) is 0 Å². The molecule has 1 aliphatic rings. The molecule has 0 aliphatic carbocycles. The van der Waals surface area contributed by atoms with Crippen molar-refractivity contribution in [2.45, 2.75) is 53.0 Å². The van der Waals surface area contributed by atoms with Crippen molar-refractivity contribution in [1.82, 2.24) is 15.1 Å². The van der Waals surface area contributed by atoms with Gasteiger partial charge >= 0.3 is 6.03 Å². The summed E-state index contributed by atoms with van der Waals surface area (Å²) in [6, 6.07) is -0.211. The molecule has 6 heteroatoms. The number of nitrogens with one attached hydrogen (secondary N) is 1. The number of urea groups is 1. The molecule has 1 heterocycles. The maximum atomic E-state index is 12.6. The first-order valence-corrected chi connectivity index (χ1v) is 7.71.